The highest BCUT2D eigenvalue weighted by atomic mass is 32.2. The van der Waals surface area contributed by atoms with Crippen molar-refractivity contribution in [2.24, 2.45) is 0 Å². The molecule has 0 aliphatic heterocycles. The van der Waals surface area contributed by atoms with Crippen molar-refractivity contribution in [2.45, 2.75) is 17.6 Å². The zero-order chi connectivity index (χ0) is 21.9. The minimum absolute atomic E-state index is 0.164. The third kappa shape index (κ3) is 4.42. The van der Waals surface area contributed by atoms with Gasteiger partial charge in [-0.05, 0) is 55.5 Å². The van der Waals surface area contributed by atoms with Crippen LogP contribution in [0.25, 0.3) is 20.8 Å². The highest BCUT2D eigenvalue weighted by Gasteiger charge is 2.14. The third-order valence-corrected chi connectivity index (χ3v) is 6.88. The number of para-hydroxylation sites is 1. The fourth-order valence-corrected chi connectivity index (χ4v) is 5.07. The molecule has 158 valence electrons. The number of rotatable bonds is 6. The Bertz CT molecular complexity index is 1360. The van der Waals surface area contributed by atoms with Crippen LogP contribution < -0.4 is 5.32 Å². The van der Waals surface area contributed by atoms with Crippen LogP contribution in [0.1, 0.15) is 22.1 Å². The molecule has 0 radical (unpaired) electrons. The summed E-state index contributed by atoms with van der Waals surface area (Å²) in [5, 5.41) is 7.75. The Balaban J connectivity index is 1.29. The summed E-state index contributed by atoms with van der Waals surface area (Å²) in [6.07, 6.45) is 0. The van der Waals surface area contributed by atoms with Crippen LogP contribution in [0.2, 0.25) is 0 Å². The smallest absolute Gasteiger partial charge is 0.256 e. The number of fused-ring (bicyclic) bond motifs is 1. The molecule has 0 saturated heterocycles. The SMILES string of the molecule is Cc1noc(CSc2ccccc2C(=O)Nc2ccc(-c3nc4ccccc4s3)cc2)n1. The minimum atomic E-state index is -0.164. The molecular weight excluding hydrogens is 440 g/mol. The van der Waals surface area contributed by atoms with Crippen molar-refractivity contribution in [3.05, 3.63) is 90.1 Å². The monoisotopic (exact) mass is 458 g/mol. The number of hydrogen-bond donors (Lipinski definition) is 1. The Morgan fingerprint density at radius 3 is 2.56 bits per heavy atom. The first-order valence-corrected chi connectivity index (χ1v) is 11.7. The van der Waals surface area contributed by atoms with Crippen molar-refractivity contribution >= 4 is 44.9 Å². The van der Waals surface area contributed by atoms with E-state index in [9.17, 15) is 4.79 Å². The zero-order valence-electron chi connectivity index (χ0n) is 17.1. The normalized spacial score (nSPS) is 11.0. The van der Waals surface area contributed by atoms with Gasteiger partial charge in [0.1, 0.15) is 5.01 Å². The van der Waals surface area contributed by atoms with Crippen LogP contribution in [0.3, 0.4) is 0 Å². The number of amides is 1. The molecule has 0 unspecified atom stereocenters. The third-order valence-electron chi connectivity index (χ3n) is 4.74. The molecule has 1 amide bonds. The number of thiazole rings is 1. The maximum Gasteiger partial charge on any atom is 0.256 e. The Morgan fingerprint density at radius 2 is 1.78 bits per heavy atom. The van der Waals surface area contributed by atoms with Crippen molar-refractivity contribution in [3.8, 4) is 10.6 Å². The topological polar surface area (TPSA) is 80.9 Å². The zero-order valence-corrected chi connectivity index (χ0v) is 18.7. The van der Waals surface area contributed by atoms with Crippen LogP contribution in [0.5, 0.6) is 0 Å². The number of aromatic nitrogens is 3. The van der Waals surface area contributed by atoms with E-state index in [1.165, 1.54) is 11.8 Å². The van der Waals surface area contributed by atoms with Gasteiger partial charge in [-0.15, -0.1) is 23.1 Å². The molecule has 8 heteroatoms. The first-order valence-electron chi connectivity index (χ1n) is 9.94. The molecule has 2 aromatic heterocycles. The molecule has 0 bridgehead atoms. The van der Waals surface area contributed by atoms with Crippen LogP contribution in [0.15, 0.2) is 82.2 Å². The van der Waals surface area contributed by atoms with Gasteiger partial charge in [0, 0.05) is 16.1 Å². The number of carbonyl (C=O) groups is 1. The number of hydrogen-bond acceptors (Lipinski definition) is 7. The summed E-state index contributed by atoms with van der Waals surface area (Å²) in [5.74, 6) is 1.47. The molecule has 0 aliphatic carbocycles. The van der Waals surface area contributed by atoms with Gasteiger partial charge >= 0.3 is 0 Å². The lowest BCUT2D eigenvalue weighted by Gasteiger charge is -2.09. The molecule has 0 saturated carbocycles. The van der Waals surface area contributed by atoms with Crippen LogP contribution in [-0.4, -0.2) is 21.0 Å². The number of nitrogens with zero attached hydrogens (tertiary/aromatic N) is 3. The van der Waals surface area contributed by atoms with Crippen LogP contribution >= 0.6 is 23.1 Å². The predicted molar refractivity (Wildman–Crippen MR) is 128 cm³/mol. The lowest BCUT2D eigenvalue weighted by Crippen LogP contribution is -2.12. The predicted octanol–water partition coefficient (Wildman–Crippen LogP) is 6.20. The van der Waals surface area contributed by atoms with Gasteiger partial charge in [0.25, 0.3) is 5.91 Å². The van der Waals surface area contributed by atoms with Crippen molar-refractivity contribution in [1.82, 2.24) is 15.1 Å². The Kier molecular flexibility index (Phi) is 5.70. The van der Waals surface area contributed by atoms with Crippen molar-refractivity contribution in [1.29, 1.82) is 0 Å². The first-order chi connectivity index (χ1) is 15.7. The maximum absolute atomic E-state index is 12.9. The van der Waals surface area contributed by atoms with E-state index in [1.54, 1.807) is 18.3 Å². The van der Waals surface area contributed by atoms with E-state index in [1.807, 2.05) is 66.7 Å². The molecule has 1 N–H and O–H groups in total. The van der Waals surface area contributed by atoms with Crippen molar-refractivity contribution in [3.63, 3.8) is 0 Å². The fourth-order valence-electron chi connectivity index (χ4n) is 3.21. The summed E-state index contributed by atoms with van der Waals surface area (Å²) in [7, 11) is 0. The van der Waals surface area contributed by atoms with Crippen LogP contribution in [0, 0.1) is 6.92 Å². The highest BCUT2D eigenvalue weighted by molar-refractivity contribution is 7.98. The second-order valence-corrected chi connectivity index (χ2v) is 9.09. The Labute approximate surface area is 192 Å². The molecule has 0 fully saturated rings. The second-order valence-electron chi connectivity index (χ2n) is 7.04. The number of nitrogens with one attached hydrogen (secondary N) is 1. The molecule has 2 heterocycles. The van der Waals surface area contributed by atoms with Gasteiger partial charge in [-0.3, -0.25) is 4.79 Å². The summed E-state index contributed by atoms with van der Waals surface area (Å²) in [5.41, 5.74) is 3.35. The van der Waals surface area contributed by atoms with E-state index in [4.69, 9.17) is 9.51 Å². The number of aryl methyl sites for hydroxylation is 1. The van der Waals surface area contributed by atoms with E-state index in [2.05, 4.69) is 21.5 Å². The van der Waals surface area contributed by atoms with E-state index in [0.717, 1.165) is 31.4 Å². The van der Waals surface area contributed by atoms with Gasteiger partial charge in [-0.1, -0.05) is 29.4 Å². The van der Waals surface area contributed by atoms with Gasteiger partial charge in [-0.25, -0.2) is 4.98 Å². The fraction of sp³-hybridized carbons (Fsp3) is 0.0833. The minimum Gasteiger partial charge on any atom is -0.338 e. The van der Waals surface area contributed by atoms with Gasteiger partial charge in [0.15, 0.2) is 5.82 Å². The molecular formula is C24H18N4O2S2. The van der Waals surface area contributed by atoms with E-state index < -0.39 is 0 Å². The van der Waals surface area contributed by atoms with E-state index in [-0.39, 0.29) is 5.91 Å². The summed E-state index contributed by atoms with van der Waals surface area (Å²) < 4.78 is 6.32. The molecule has 6 nitrogen and oxygen atoms in total. The lowest BCUT2D eigenvalue weighted by molar-refractivity contribution is 0.102. The van der Waals surface area contributed by atoms with E-state index >= 15 is 0 Å². The summed E-state index contributed by atoms with van der Waals surface area (Å²) in [6, 6.07) is 23.3. The van der Waals surface area contributed by atoms with Gasteiger partial charge < -0.3 is 9.84 Å². The van der Waals surface area contributed by atoms with Gasteiger partial charge in [0.05, 0.1) is 21.5 Å². The number of carbonyl (C=O) groups excluding carboxylic acids is 1. The molecule has 5 rings (SSSR count). The second kappa shape index (κ2) is 8.94. The maximum atomic E-state index is 12.9. The van der Waals surface area contributed by atoms with Gasteiger partial charge in [-0.2, -0.15) is 4.98 Å². The molecule has 0 spiro atoms. The average molecular weight is 459 g/mol. The van der Waals surface area contributed by atoms with E-state index in [0.29, 0.717) is 23.0 Å². The summed E-state index contributed by atoms with van der Waals surface area (Å²) in [4.78, 5) is 22.7. The molecule has 32 heavy (non-hydrogen) atoms. The molecule has 3 aromatic carbocycles. The number of anilines is 1. The molecule has 0 aliphatic rings. The van der Waals surface area contributed by atoms with Crippen LogP contribution in [0.4, 0.5) is 5.69 Å². The standard InChI is InChI=1S/C24H18N4O2S2/c1-15-25-22(30-28-15)14-31-20-8-4-2-6-18(20)23(29)26-17-12-10-16(11-13-17)24-27-19-7-3-5-9-21(19)32-24/h2-13H,14H2,1H3,(H,26,29). The quantitative estimate of drug-likeness (QED) is 0.305. The Morgan fingerprint density at radius 1 is 1.00 bits per heavy atom. The average Bonchev–Trinajstić information content (AvgIpc) is 3.44. The number of thioether (sulfide) groups is 1. The molecule has 0 atom stereocenters. The largest absolute Gasteiger partial charge is 0.338 e. The Hall–Kier alpha value is -3.49. The van der Waals surface area contributed by atoms with Crippen molar-refractivity contribution in [2.75, 3.05) is 5.32 Å². The lowest BCUT2D eigenvalue weighted by atomic mass is 10.2. The highest BCUT2D eigenvalue weighted by Crippen LogP contribution is 2.31. The van der Waals surface area contributed by atoms with Crippen LogP contribution in [-0.2, 0) is 5.75 Å². The van der Waals surface area contributed by atoms with Gasteiger partial charge in [0.2, 0.25) is 5.89 Å². The number of benzene rings is 3. The summed E-state index contributed by atoms with van der Waals surface area (Å²) >= 11 is 3.15. The first kappa shape index (κ1) is 20.4. The summed E-state index contributed by atoms with van der Waals surface area (Å²) in [6.45, 7) is 1.78. The molecule has 5 aromatic rings. The van der Waals surface area contributed by atoms with Crippen molar-refractivity contribution < 1.29 is 9.32 Å².